The molecule has 1 aliphatic rings. The third-order valence-corrected chi connectivity index (χ3v) is 9.10. The molecule has 1 N–H and O–H groups in total. The van der Waals surface area contributed by atoms with Gasteiger partial charge in [0.15, 0.2) is 0 Å². The molecule has 2 amide bonds. The molecule has 2 aromatic heterocycles. The van der Waals surface area contributed by atoms with Crippen LogP contribution in [-0.4, -0.2) is 56.7 Å². The summed E-state index contributed by atoms with van der Waals surface area (Å²) in [5.74, 6) is 1.18. The second kappa shape index (κ2) is 14.4. The lowest BCUT2D eigenvalue weighted by Crippen LogP contribution is -2.34. The molecule has 0 atom stereocenters. The summed E-state index contributed by atoms with van der Waals surface area (Å²) in [5, 5.41) is 20.3. The number of carbonyl (C=O) groups excluding carboxylic acids is 2. The number of nitrogens with one attached hydrogen (secondary N) is 1. The van der Waals surface area contributed by atoms with Gasteiger partial charge in [-0.2, -0.15) is 0 Å². The van der Waals surface area contributed by atoms with Gasteiger partial charge in [-0.05, 0) is 83.7 Å². The van der Waals surface area contributed by atoms with Gasteiger partial charge in [0.05, 0.1) is 0 Å². The third kappa shape index (κ3) is 8.18. The van der Waals surface area contributed by atoms with Crippen molar-refractivity contribution in [2.45, 2.75) is 84.5 Å². The highest BCUT2D eigenvalue weighted by Gasteiger charge is 2.21. The van der Waals surface area contributed by atoms with Crippen molar-refractivity contribution in [3.63, 3.8) is 0 Å². The van der Waals surface area contributed by atoms with E-state index in [1.807, 2.05) is 35.2 Å². The van der Waals surface area contributed by atoms with Crippen LogP contribution in [0.4, 0.5) is 0 Å². The van der Waals surface area contributed by atoms with Crippen molar-refractivity contribution in [1.82, 2.24) is 30.6 Å². The number of hydrogen-bond acceptors (Lipinski definition) is 8. The van der Waals surface area contributed by atoms with E-state index in [0.29, 0.717) is 54.4 Å². The van der Waals surface area contributed by atoms with Crippen molar-refractivity contribution in [2.24, 2.45) is 0 Å². The smallest absolute Gasteiger partial charge is 0.251 e. The second-order valence-electron chi connectivity index (χ2n) is 15.1. The summed E-state index contributed by atoms with van der Waals surface area (Å²) in [6.45, 7) is 14.8. The zero-order valence-corrected chi connectivity index (χ0v) is 29.9. The maximum absolute atomic E-state index is 13.5. The lowest BCUT2D eigenvalue weighted by molar-refractivity contribution is -0.130. The molecule has 1 aliphatic heterocycles. The van der Waals surface area contributed by atoms with E-state index < -0.39 is 0 Å². The summed E-state index contributed by atoms with van der Waals surface area (Å²) in [4.78, 5) is 27.8. The highest BCUT2D eigenvalue weighted by atomic mass is 16.4. The Morgan fingerprint density at radius 2 is 1.16 bits per heavy atom. The van der Waals surface area contributed by atoms with Gasteiger partial charge in [0.1, 0.15) is 0 Å². The van der Waals surface area contributed by atoms with Crippen LogP contribution in [0, 0.1) is 0 Å². The predicted octanol–water partition coefficient (Wildman–Crippen LogP) is 8.24. The van der Waals surface area contributed by atoms with Crippen LogP contribution in [0.3, 0.4) is 0 Å². The number of rotatable bonds is 9. The van der Waals surface area contributed by atoms with Gasteiger partial charge in [0.25, 0.3) is 5.91 Å². The average molecular weight is 675 g/mol. The Bertz CT molecular complexity index is 1830. The first-order chi connectivity index (χ1) is 23.8. The van der Waals surface area contributed by atoms with Gasteiger partial charge in [-0.15, -0.1) is 20.4 Å². The van der Waals surface area contributed by atoms with Gasteiger partial charge >= 0.3 is 0 Å². The van der Waals surface area contributed by atoms with Crippen LogP contribution in [-0.2, 0) is 15.6 Å². The Balaban J connectivity index is 1.26. The van der Waals surface area contributed by atoms with Crippen molar-refractivity contribution in [3.05, 3.63) is 83.4 Å². The van der Waals surface area contributed by atoms with E-state index in [1.54, 1.807) is 12.1 Å². The topological polar surface area (TPSA) is 127 Å². The highest BCUT2D eigenvalue weighted by Crippen LogP contribution is 2.32. The van der Waals surface area contributed by atoms with Crippen molar-refractivity contribution in [2.75, 3.05) is 19.6 Å². The standard InChI is InChI=1S/C40H46N6O4/c1-39(2,3)31-16-12-26(13-17-31)35-42-44-37(49-35)29-23-28(34(48)41-20-10-22-46-21-9-7-8-11-33(46)47)24-30(25-29)38-45-43-36(50-38)27-14-18-32(19-15-27)40(4,5)6/h12-19,23-25H,7-11,20-22H2,1-6H3,(H,41,48). The van der Waals surface area contributed by atoms with E-state index in [2.05, 4.69) is 91.5 Å². The summed E-state index contributed by atoms with van der Waals surface area (Å²) in [6.07, 6.45) is 4.30. The minimum Gasteiger partial charge on any atom is -0.416 e. The number of likely N-dealkylation sites (tertiary alicyclic amines) is 1. The third-order valence-electron chi connectivity index (χ3n) is 9.10. The fourth-order valence-corrected chi connectivity index (χ4v) is 5.99. The molecule has 0 aliphatic carbocycles. The van der Waals surface area contributed by atoms with Crippen molar-refractivity contribution < 1.29 is 18.4 Å². The first-order valence-electron chi connectivity index (χ1n) is 17.5. The number of nitrogens with zero attached hydrogens (tertiary/aromatic N) is 5. The highest BCUT2D eigenvalue weighted by molar-refractivity contribution is 5.96. The van der Waals surface area contributed by atoms with Gasteiger partial charge in [-0.1, -0.05) is 72.2 Å². The van der Waals surface area contributed by atoms with Crippen LogP contribution in [0.1, 0.15) is 95.1 Å². The van der Waals surface area contributed by atoms with E-state index in [-0.39, 0.29) is 34.4 Å². The Morgan fingerprint density at radius 1 is 0.680 bits per heavy atom. The fraction of sp³-hybridized carbons (Fsp3) is 0.400. The van der Waals surface area contributed by atoms with E-state index in [9.17, 15) is 9.59 Å². The first kappa shape index (κ1) is 34.7. The van der Waals surface area contributed by atoms with E-state index in [4.69, 9.17) is 8.83 Å². The number of hydrogen-bond donors (Lipinski definition) is 1. The molecule has 10 nitrogen and oxygen atoms in total. The second-order valence-corrected chi connectivity index (χ2v) is 15.1. The average Bonchev–Trinajstić information content (AvgIpc) is 3.75. The molecule has 50 heavy (non-hydrogen) atoms. The van der Waals surface area contributed by atoms with Crippen LogP contribution < -0.4 is 5.32 Å². The molecular weight excluding hydrogens is 628 g/mol. The lowest BCUT2D eigenvalue weighted by atomic mass is 9.87. The molecule has 3 heterocycles. The number of carbonyl (C=O) groups is 2. The SMILES string of the molecule is CC(C)(C)c1ccc(-c2nnc(-c3cc(C(=O)NCCCN4CCCCCC4=O)cc(-c4nnc(-c5ccc(C(C)(C)C)cc5)o4)c3)o2)cc1. The minimum absolute atomic E-state index is 0.0186. The molecule has 0 unspecified atom stereocenters. The van der Waals surface area contributed by atoms with Crippen LogP contribution in [0.25, 0.3) is 45.8 Å². The summed E-state index contributed by atoms with van der Waals surface area (Å²) >= 11 is 0. The molecule has 0 bridgehead atoms. The maximum Gasteiger partial charge on any atom is 0.251 e. The van der Waals surface area contributed by atoms with E-state index >= 15 is 0 Å². The molecule has 0 radical (unpaired) electrons. The molecule has 260 valence electrons. The summed E-state index contributed by atoms with van der Waals surface area (Å²) in [6, 6.07) is 21.4. The molecule has 1 fully saturated rings. The molecule has 0 saturated carbocycles. The number of benzene rings is 3. The quantitative estimate of drug-likeness (QED) is 0.155. The van der Waals surface area contributed by atoms with Crippen LogP contribution >= 0.6 is 0 Å². The van der Waals surface area contributed by atoms with Crippen molar-refractivity contribution >= 4 is 11.8 Å². The van der Waals surface area contributed by atoms with E-state index in [0.717, 1.165) is 36.9 Å². The molecule has 1 saturated heterocycles. The first-order valence-corrected chi connectivity index (χ1v) is 17.5. The Kier molecular flexibility index (Phi) is 10.00. The van der Waals surface area contributed by atoms with E-state index in [1.165, 1.54) is 11.1 Å². The van der Waals surface area contributed by atoms with Crippen molar-refractivity contribution in [1.29, 1.82) is 0 Å². The Hall–Kier alpha value is -5.12. The van der Waals surface area contributed by atoms with Gasteiger partial charge in [-0.3, -0.25) is 9.59 Å². The molecule has 5 aromatic rings. The molecule has 6 rings (SSSR count). The number of aromatic nitrogens is 4. The van der Waals surface area contributed by atoms with Crippen LogP contribution in [0.15, 0.2) is 75.6 Å². The van der Waals surface area contributed by atoms with Gasteiger partial charge in [-0.25, -0.2) is 0 Å². The predicted molar refractivity (Wildman–Crippen MR) is 193 cm³/mol. The van der Waals surface area contributed by atoms with Gasteiger partial charge in [0, 0.05) is 53.9 Å². The van der Waals surface area contributed by atoms with Gasteiger partial charge < -0.3 is 19.1 Å². The van der Waals surface area contributed by atoms with Crippen LogP contribution in [0.2, 0.25) is 0 Å². The fourth-order valence-electron chi connectivity index (χ4n) is 5.99. The monoisotopic (exact) mass is 674 g/mol. The summed E-state index contributed by atoms with van der Waals surface area (Å²) in [5.41, 5.74) is 5.50. The normalized spacial score (nSPS) is 14.1. The number of amides is 2. The summed E-state index contributed by atoms with van der Waals surface area (Å²) in [7, 11) is 0. The zero-order chi connectivity index (χ0) is 35.5. The minimum atomic E-state index is -0.273. The van der Waals surface area contributed by atoms with Crippen molar-refractivity contribution in [3.8, 4) is 45.8 Å². The summed E-state index contributed by atoms with van der Waals surface area (Å²) < 4.78 is 12.3. The Labute approximate surface area is 293 Å². The maximum atomic E-state index is 13.5. The molecule has 3 aromatic carbocycles. The molecule has 0 spiro atoms. The molecular formula is C40H46N6O4. The Morgan fingerprint density at radius 3 is 1.64 bits per heavy atom. The zero-order valence-electron chi connectivity index (χ0n) is 29.9. The lowest BCUT2D eigenvalue weighted by Gasteiger charge is -2.20. The molecule has 10 heteroatoms. The van der Waals surface area contributed by atoms with Gasteiger partial charge in [0.2, 0.25) is 29.5 Å². The van der Waals surface area contributed by atoms with Crippen LogP contribution in [0.5, 0.6) is 0 Å². The largest absolute Gasteiger partial charge is 0.416 e.